The zero-order valence-electron chi connectivity index (χ0n) is 10.3. The molecule has 4 heteroatoms. The minimum absolute atomic E-state index is 0.118. The van der Waals surface area contributed by atoms with Crippen molar-refractivity contribution >= 4 is 6.29 Å². The van der Waals surface area contributed by atoms with Crippen LogP contribution >= 0.6 is 0 Å². The number of hydrogen-bond donors (Lipinski definition) is 0. The summed E-state index contributed by atoms with van der Waals surface area (Å²) >= 11 is 0. The van der Waals surface area contributed by atoms with Crippen LogP contribution in [0, 0.1) is 12.7 Å². The van der Waals surface area contributed by atoms with Crippen LogP contribution in [0.15, 0.2) is 30.3 Å². The van der Waals surface area contributed by atoms with Gasteiger partial charge < -0.3 is 9.47 Å². The van der Waals surface area contributed by atoms with Crippen LogP contribution in [0.5, 0.6) is 11.5 Å². The van der Waals surface area contributed by atoms with E-state index in [4.69, 9.17) is 9.47 Å². The average molecular weight is 258 g/mol. The predicted octanol–water partition coefficient (Wildman–Crippen LogP) is 3.34. The van der Waals surface area contributed by atoms with Gasteiger partial charge in [0.05, 0.1) is 0 Å². The molecule has 96 valence electrons. The molecule has 0 atom stereocenters. The molecule has 0 aliphatic carbocycles. The molecule has 19 heavy (non-hydrogen) atoms. The lowest BCUT2D eigenvalue weighted by Gasteiger charge is -2.09. The molecule has 0 fully saturated rings. The molecule has 3 rings (SSSR count). The molecular weight excluding hydrogens is 247 g/mol. The van der Waals surface area contributed by atoms with Gasteiger partial charge in [0.25, 0.3) is 0 Å². The Morgan fingerprint density at radius 1 is 1.16 bits per heavy atom. The van der Waals surface area contributed by atoms with Crippen molar-refractivity contribution in [3.8, 4) is 22.6 Å². The van der Waals surface area contributed by atoms with E-state index in [1.165, 1.54) is 0 Å². The number of rotatable bonds is 2. The zero-order valence-corrected chi connectivity index (χ0v) is 10.3. The normalized spacial score (nSPS) is 12.5. The number of aldehydes is 1. The predicted molar refractivity (Wildman–Crippen MR) is 68.1 cm³/mol. The molecule has 1 aliphatic heterocycles. The molecule has 2 aromatic carbocycles. The summed E-state index contributed by atoms with van der Waals surface area (Å²) in [7, 11) is 0. The maximum absolute atomic E-state index is 14.2. The van der Waals surface area contributed by atoms with Gasteiger partial charge in [0.15, 0.2) is 17.8 Å². The van der Waals surface area contributed by atoms with Gasteiger partial charge in [-0.2, -0.15) is 0 Å². The summed E-state index contributed by atoms with van der Waals surface area (Å²) in [5.41, 5.74) is 1.82. The standard InChI is InChI=1S/C15H11FO3/c1-9-3-2-4-11(15(9)16)12-6-14-13(18-8-19-14)5-10(12)7-17/h2-7H,8H2,1H3. The third kappa shape index (κ3) is 1.85. The highest BCUT2D eigenvalue weighted by atomic mass is 19.1. The molecule has 0 aromatic heterocycles. The molecule has 0 spiro atoms. The third-order valence-electron chi connectivity index (χ3n) is 3.15. The highest BCUT2D eigenvalue weighted by Crippen LogP contribution is 2.39. The Morgan fingerprint density at radius 2 is 1.89 bits per heavy atom. The van der Waals surface area contributed by atoms with Gasteiger partial charge in [0, 0.05) is 11.1 Å². The molecule has 0 N–H and O–H groups in total. The van der Waals surface area contributed by atoms with E-state index in [1.54, 1.807) is 37.3 Å². The van der Waals surface area contributed by atoms with Gasteiger partial charge in [-0.3, -0.25) is 4.79 Å². The number of carbonyl (C=O) groups is 1. The maximum atomic E-state index is 14.2. The van der Waals surface area contributed by atoms with Crippen LogP contribution in [0.2, 0.25) is 0 Å². The first kappa shape index (κ1) is 11.7. The van der Waals surface area contributed by atoms with E-state index in [2.05, 4.69) is 0 Å². The van der Waals surface area contributed by atoms with Crippen LogP contribution in [0.25, 0.3) is 11.1 Å². The van der Waals surface area contributed by atoms with Crippen molar-refractivity contribution in [3.05, 3.63) is 47.3 Å². The van der Waals surface area contributed by atoms with Crippen LogP contribution in [0.3, 0.4) is 0 Å². The third-order valence-corrected chi connectivity index (χ3v) is 3.15. The van der Waals surface area contributed by atoms with Gasteiger partial charge in [0.1, 0.15) is 5.82 Å². The molecule has 0 bridgehead atoms. The lowest BCUT2D eigenvalue weighted by Crippen LogP contribution is -1.93. The topological polar surface area (TPSA) is 35.5 Å². The van der Waals surface area contributed by atoms with Crippen LogP contribution in [0.4, 0.5) is 4.39 Å². The van der Waals surface area contributed by atoms with E-state index in [1.807, 2.05) is 0 Å². The summed E-state index contributed by atoms with van der Waals surface area (Å²) in [6.45, 7) is 1.81. The molecule has 0 amide bonds. The summed E-state index contributed by atoms with van der Waals surface area (Å²) in [4.78, 5) is 11.2. The fourth-order valence-electron chi connectivity index (χ4n) is 2.14. The average Bonchev–Trinajstić information content (AvgIpc) is 2.87. The first-order chi connectivity index (χ1) is 9.20. The summed E-state index contributed by atoms with van der Waals surface area (Å²) in [5, 5.41) is 0. The highest BCUT2D eigenvalue weighted by molar-refractivity contribution is 5.89. The second-order valence-electron chi connectivity index (χ2n) is 4.35. The fraction of sp³-hybridized carbons (Fsp3) is 0.133. The van der Waals surface area contributed by atoms with Gasteiger partial charge in [-0.15, -0.1) is 0 Å². The minimum Gasteiger partial charge on any atom is -0.454 e. The number of hydrogen-bond acceptors (Lipinski definition) is 3. The molecule has 1 heterocycles. The quantitative estimate of drug-likeness (QED) is 0.775. The first-order valence-corrected chi connectivity index (χ1v) is 5.85. The second kappa shape index (κ2) is 4.39. The van der Waals surface area contributed by atoms with E-state index in [9.17, 15) is 9.18 Å². The Bertz CT molecular complexity index is 665. The number of aryl methyl sites for hydroxylation is 1. The molecular formula is C15H11FO3. The van der Waals surface area contributed by atoms with Crippen LogP contribution in [-0.2, 0) is 0 Å². The number of benzene rings is 2. The number of fused-ring (bicyclic) bond motifs is 1. The van der Waals surface area contributed by atoms with E-state index in [-0.39, 0.29) is 12.6 Å². The summed E-state index contributed by atoms with van der Waals surface area (Å²) < 4.78 is 24.6. The van der Waals surface area contributed by atoms with Gasteiger partial charge in [-0.25, -0.2) is 4.39 Å². The van der Waals surface area contributed by atoms with Crippen molar-refractivity contribution in [2.45, 2.75) is 6.92 Å². The molecule has 0 saturated carbocycles. The Kier molecular flexibility index (Phi) is 2.71. The van der Waals surface area contributed by atoms with Crippen molar-refractivity contribution in [1.82, 2.24) is 0 Å². The van der Waals surface area contributed by atoms with E-state index < -0.39 is 0 Å². The molecule has 3 nitrogen and oxygen atoms in total. The highest BCUT2D eigenvalue weighted by Gasteiger charge is 2.19. The Balaban J connectivity index is 2.24. The molecule has 0 unspecified atom stereocenters. The number of ether oxygens (including phenoxy) is 2. The van der Waals surface area contributed by atoms with Gasteiger partial charge in [0.2, 0.25) is 6.79 Å². The Hall–Kier alpha value is -2.36. The molecule has 1 aliphatic rings. The van der Waals surface area contributed by atoms with E-state index >= 15 is 0 Å². The lowest BCUT2D eigenvalue weighted by molar-refractivity contribution is 0.112. The number of carbonyl (C=O) groups excluding carboxylic acids is 1. The Labute approximate surface area is 109 Å². The van der Waals surface area contributed by atoms with Crippen molar-refractivity contribution in [3.63, 3.8) is 0 Å². The van der Waals surface area contributed by atoms with Crippen molar-refractivity contribution in [2.24, 2.45) is 0 Å². The summed E-state index contributed by atoms with van der Waals surface area (Å²) in [6.07, 6.45) is 0.694. The number of halogens is 1. The van der Waals surface area contributed by atoms with Gasteiger partial charge in [-0.1, -0.05) is 18.2 Å². The fourth-order valence-corrected chi connectivity index (χ4v) is 2.14. The van der Waals surface area contributed by atoms with Crippen molar-refractivity contribution < 1.29 is 18.7 Å². The van der Waals surface area contributed by atoms with E-state index in [0.29, 0.717) is 40.0 Å². The summed E-state index contributed by atoms with van der Waals surface area (Å²) in [5.74, 6) is 0.713. The van der Waals surface area contributed by atoms with E-state index in [0.717, 1.165) is 0 Å². The maximum Gasteiger partial charge on any atom is 0.231 e. The molecule has 0 radical (unpaired) electrons. The van der Waals surface area contributed by atoms with Crippen molar-refractivity contribution in [1.29, 1.82) is 0 Å². The largest absolute Gasteiger partial charge is 0.454 e. The monoisotopic (exact) mass is 258 g/mol. The first-order valence-electron chi connectivity index (χ1n) is 5.85. The Morgan fingerprint density at radius 3 is 2.63 bits per heavy atom. The summed E-state index contributed by atoms with van der Waals surface area (Å²) in [6, 6.07) is 8.31. The second-order valence-corrected chi connectivity index (χ2v) is 4.35. The SMILES string of the molecule is Cc1cccc(-c2cc3c(cc2C=O)OCO3)c1F. The zero-order chi connectivity index (χ0) is 13.4. The van der Waals surface area contributed by atoms with Crippen LogP contribution in [0.1, 0.15) is 15.9 Å². The minimum atomic E-state index is -0.329. The van der Waals surface area contributed by atoms with Crippen LogP contribution < -0.4 is 9.47 Å². The van der Waals surface area contributed by atoms with Gasteiger partial charge >= 0.3 is 0 Å². The van der Waals surface area contributed by atoms with Crippen molar-refractivity contribution in [2.75, 3.05) is 6.79 Å². The molecule has 0 saturated heterocycles. The smallest absolute Gasteiger partial charge is 0.231 e. The van der Waals surface area contributed by atoms with Gasteiger partial charge in [-0.05, 0) is 30.2 Å². The van der Waals surface area contributed by atoms with Crippen LogP contribution in [-0.4, -0.2) is 13.1 Å². The lowest BCUT2D eigenvalue weighted by atomic mass is 9.97. The molecule has 2 aromatic rings.